The highest BCUT2D eigenvalue weighted by Gasteiger charge is 2.14. The van der Waals surface area contributed by atoms with Crippen LogP contribution in [-0.4, -0.2) is 20.2 Å². The normalized spacial score (nSPS) is 11.3. The summed E-state index contributed by atoms with van der Waals surface area (Å²) in [6.07, 6.45) is 1.78. The molecule has 0 aliphatic heterocycles. The number of hydrogen-bond acceptors (Lipinski definition) is 3. The third kappa shape index (κ3) is 1.93. The number of aromatic amines is 1. The molecule has 21 heavy (non-hydrogen) atoms. The van der Waals surface area contributed by atoms with Gasteiger partial charge in [0.25, 0.3) is 0 Å². The van der Waals surface area contributed by atoms with Crippen LogP contribution in [0.4, 0.5) is 0 Å². The number of pyridine rings is 2. The minimum absolute atomic E-state index is 0.864. The topological polar surface area (TPSA) is 54.5 Å². The van der Waals surface area contributed by atoms with Crippen LogP contribution in [0.3, 0.4) is 0 Å². The number of benzene rings is 1. The first kappa shape index (κ1) is 12.5. The molecule has 0 saturated carbocycles. The van der Waals surface area contributed by atoms with E-state index in [1.54, 1.807) is 6.20 Å². The van der Waals surface area contributed by atoms with E-state index in [9.17, 15) is 0 Å². The van der Waals surface area contributed by atoms with Crippen molar-refractivity contribution in [1.82, 2.24) is 20.2 Å². The summed E-state index contributed by atoms with van der Waals surface area (Å²) in [7, 11) is 0. The van der Waals surface area contributed by atoms with Crippen LogP contribution in [0.1, 0.15) is 5.69 Å². The average molecular weight is 339 g/mol. The third-order valence-electron chi connectivity index (χ3n) is 3.55. The molecule has 0 bridgehead atoms. The van der Waals surface area contributed by atoms with E-state index < -0.39 is 0 Å². The summed E-state index contributed by atoms with van der Waals surface area (Å²) < 4.78 is 1.02. The number of halogens is 1. The lowest BCUT2D eigenvalue weighted by molar-refractivity contribution is 1.07. The van der Waals surface area contributed by atoms with Gasteiger partial charge in [-0.3, -0.25) is 10.1 Å². The summed E-state index contributed by atoms with van der Waals surface area (Å²) >= 11 is 3.53. The fraction of sp³-hybridized carbons (Fsp3) is 0.0625. The van der Waals surface area contributed by atoms with Gasteiger partial charge in [-0.05, 0) is 31.2 Å². The smallest absolute Gasteiger partial charge is 0.112 e. The first-order valence-corrected chi connectivity index (χ1v) is 7.38. The van der Waals surface area contributed by atoms with Crippen molar-refractivity contribution in [2.75, 3.05) is 0 Å². The zero-order valence-corrected chi connectivity index (χ0v) is 12.8. The molecule has 0 aliphatic carbocycles. The van der Waals surface area contributed by atoms with E-state index in [0.29, 0.717) is 0 Å². The van der Waals surface area contributed by atoms with Crippen molar-refractivity contribution in [1.29, 1.82) is 0 Å². The van der Waals surface area contributed by atoms with Crippen LogP contribution in [-0.2, 0) is 0 Å². The fourth-order valence-electron chi connectivity index (χ4n) is 2.55. The summed E-state index contributed by atoms with van der Waals surface area (Å²) in [5.41, 5.74) is 4.50. The molecule has 0 spiro atoms. The second kappa shape index (κ2) is 4.63. The lowest BCUT2D eigenvalue weighted by Crippen LogP contribution is -1.91. The molecule has 0 aliphatic rings. The summed E-state index contributed by atoms with van der Waals surface area (Å²) in [5, 5.41) is 9.52. The first-order valence-electron chi connectivity index (χ1n) is 6.59. The maximum absolute atomic E-state index is 4.80. The highest BCUT2D eigenvalue weighted by atomic mass is 79.9. The summed E-state index contributed by atoms with van der Waals surface area (Å²) in [4.78, 5) is 9.24. The van der Waals surface area contributed by atoms with Crippen molar-refractivity contribution in [3.63, 3.8) is 0 Å². The SMILES string of the molecule is Cc1n[nH]c2c1nc(-c1ccccn1)c1cc(Br)ccc12. The lowest BCUT2D eigenvalue weighted by Gasteiger charge is -2.07. The van der Waals surface area contributed by atoms with Gasteiger partial charge < -0.3 is 0 Å². The Labute approximate surface area is 129 Å². The molecule has 0 atom stereocenters. The number of nitrogens with one attached hydrogen (secondary N) is 1. The molecule has 1 N–H and O–H groups in total. The Bertz CT molecular complexity index is 960. The van der Waals surface area contributed by atoms with Gasteiger partial charge in [-0.15, -0.1) is 0 Å². The van der Waals surface area contributed by atoms with Crippen LogP contribution in [0, 0.1) is 6.92 Å². The fourth-order valence-corrected chi connectivity index (χ4v) is 2.91. The highest BCUT2D eigenvalue weighted by molar-refractivity contribution is 9.10. The predicted octanol–water partition coefficient (Wildman–Crippen LogP) is 4.24. The number of rotatable bonds is 1. The largest absolute Gasteiger partial charge is 0.275 e. The van der Waals surface area contributed by atoms with Gasteiger partial charge in [-0.2, -0.15) is 5.10 Å². The quantitative estimate of drug-likeness (QED) is 0.564. The minimum atomic E-state index is 0.864. The molecule has 0 fully saturated rings. The van der Waals surface area contributed by atoms with Crippen LogP contribution in [0.25, 0.3) is 33.2 Å². The van der Waals surface area contributed by atoms with Crippen LogP contribution in [0.15, 0.2) is 47.1 Å². The Morgan fingerprint density at radius 3 is 2.81 bits per heavy atom. The zero-order valence-electron chi connectivity index (χ0n) is 11.3. The number of aryl methyl sites for hydroxylation is 1. The molecule has 3 aromatic heterocycles. The number of H-pyrrole nitrogens is 1. The Hall–Kier alpha value is -2.27. The first-order chi connectivity index (χ1) is 10.2. The van der Waals surface area contributed by atoms with Gasteiger partial charge in [0.05, 0.1) is 22.6 Å². The molecule has 4 nitrogen and oxygen atoms in total. The van der Waals surface area contributed by atoms with E-state index in [4.69, 9.17) is 4.98 Å². The number of nitrogens with zero attached hydrogens (tertiary/aromatic N) is 3. The molecule has 0 saturated heterocycles. The van der Waals surface area contributed by atoms with E-state index in [1.165, 1.54) is 0 Å². The van der Waals surface area contributed by atoms with E-state index >= 15 is 0 Å². The number of aromatic nitrogens is 4. The van der Waals surface area contributed by atoms with Crippen LogP contribution in [0.2, 0.25) is 0 Å². The van der Waals surface area contributed by atoms with Crippen LogP contribution in [0.5, 0.6) is 0 Å². The molecule has 1 aromatic carbocycles. The van der Waals surface area contributed by atoms with Gasteiger partial charge in [0.2, 0.25) is 0 Å². The van der Waals surface area contributed by atoms with E-state index in [-0.39, 0.29) is 0 Å². The summed E-state index contributed by atoms with van der Waals surface area (Å²) in [6.45, 7) is 1.96. The standard InChI is InChI=1S/C16H11BrN4/c1-9-14-16(21-20-9)11-6-5-10(17)8-12(11)15(19-14)13-4-2-3-7-18-13/h2-8H,1H3,(H,20,21). The number of hydrogen-bond donors (Lipinski definition) is 1. The molecule has 4 rings (SSSR count). The Kier molecular flexibility index (Phi) is 2.75. The predicted molar refractivity (Wildman–Crippen MR) is 87.1 cm³/mol. The van der Waals surface area contributed by atoms with E-state index in [1.807, 2.05) is 31.2 Å². The van der Waals surface area contributed by atoms with E-state index in [2.05, 4.69) is 43.2 Å². The van der Waals surface area contributed by atoms with Crippen molar-refractivity contribution in [2.45, 2.75) is 6.92 Å². The summed E-state index contributed by atoms with van der Waals surface area (Å²) in [6, 6.07) is 12.0. The molecule has 0 radical (unpaired) electrons. The van der Waals surface area contributed by atoms with Crippen molar-refractivity contribution < 1.29 is 0 Å². The van der Waals surface area contributed by atoms with Crippen molar-refractivity contribution in [2.24, 2.45) is 0 Å². The highest BCUT2D eigenvalue weighted by Crippen LogP contribution is 2.33. The van der Waals surface area contributed by atoms with Gasteiger partial charge >= 0.3 is 0 Å². The Balaban J connectivity index is 2.21. The molecule has 4 aromatic rings. The van der Waals surface area contributed by atoms with Gasteiger partial charge in [0, 0.05) is 21.4 Å². The zero-order chi connectivity index (χ0) is 14.4. The Morgan fingerprint density at radius 1 is 1.10 bits per heavy atom. The maximum atomic E-state index is 4.80. The monoisotopic (exact) mass is 338 g/mol. The summed E-state index contributed by atoms with van der Waals surface area (Å²) in [5.74, 6) is 0. The van der Waals surface area contributed by atoms with Crippen molar-refractivity contribution in [3.8, 4) is 11.4 Å². The Morgan fingerprint density at radius 2 is 2.00 bits per heavy atom. The molecular weight excluding hydrogens is 328 g/mol. The molecular formula is C16H11BrN4. The average Bonchev–Trinajstić information content (AvgIpc) is 2.88. The lowest BCUT2D eigenvalue weighted by atomic mass is 10.1. The van der Waals surface area contributed by atoms with Crippen molar-refractivity contribution >= 4 is 37.7 Å². The maximum Gasteiger partial charge on any atom is 0.112 e. The minimum Gasteiger partial charge on any atom is -0.275 e. The van der Waals surface area contributed by atoms with Gasteiger partial charge in [-0.25, -0.2) is 4.98 Å². The molecule has 102 valence electrons. The molecule has 5 heteroatoms. The van der Waals surface area contributed by atoms with Crippen LogP contribution < -0.4 is 0 Å². The van der Waals surface area contributed by atoms with Gasteiger partial charge in [0.15, 0.2) is 0 Å². The van der Waals surface area contributed by atoms with Gasteiger partial charge in [0.1, 0.15) is 5.52 Å². The van der Waals surface area contributed by atoms with Crippen molar-refractivity contribution in [3.05, 3.63) is 52.8 Å². The second-order valence-electron chi connectivity index (χ2n) is 4.90. The number of fused-ring (bicyclic) bond motifs is 3. The third-order valence-corrected chi connectivity index (χ3v) is 4.05. The molecule has 0 amide bonds. The molecule has 3 heterocycles. The molecule has 0 unspecified atom stereocenters. The van der Waals surface area contributed by atoms with Crippen LogP contribution >= 0.6 is 15.9 Å². The van der Waals surface area contributed by atoms with E-state index in [0.717, 1.165) is 43.4 Å². The second-order valence-corrected chi connectivity index (χ2v) is 5.81. The van der Waals surface area contributed by atoms with Gasteiger partial charge in [-0.1, -0.05) is 28.1 Å².